The fourth-order valence-corrected chi connectivity index (χ4v) is 2.51. The van der Waals surface area contributed by atoms with Crippen molar-refractivity contribution < 1.29 is 28.5 Å². The summed E-state index contributed by atoms with van der Waals surface area (Å²) in [4.78, 5) is 23.2. The Kier molecular flexibility index (Phi) is 14.8. The number of benzene rings is 1. The number of hydrogen-bond acceptors (Lipinski definition) is 6. The van der Waals surface area contributed by atoms with Gasteiger partial charge in [-0.25, -0.2) is 4.79 Å². The van der Waals surface area contributed by atoms with E-state index in [1.165, 1.54) is 25.7 Å². The summed E-state index contributed by atoms with van der Waals surface area (Å²) in [5.74, 6) is -0.515. The summed E-state index contributed by atoms with van der Waals surface area (Å²) in [6.45, 7) is 4.13. The molecule has 6 nitrogen and oxygen atoms in total. The van der Waals surface area contributed by atoms with Crippen LogP contribution in [0.3, 0.4) is 0 Å². The third-order valence-electron chi connectivity index (χ3n) is 4.07. The lowest BCUT2D eigenvalue weighted by Crippen LogP contribution is -2.15. The fourth-order valence-electron chi connectivity index (χ4n) is 2.51. The van der Waals surface area contributed by atoms with Crippen molar-refractivity contribution in [2.45, 2.75) is 51.9 Å². The maximum absolute atomic E-state index is 11.7. The van der Waals surface area contributed by atoms with Gasteiger partial charge in [0.25, 0.3) is 0 Å². The molecule has 0 aromatic heterocycles. The molecule has 0 fully saturated rings. The van der Waals surface area contributed by atoms with Crippen LogP contribution in [-0.4, -0.2) is 51.6 Å². The summed E-state index contributed by atoms with van der Waals surface area (Å²) < 4.78 is 20.9. The summed E-state index contributed by atoms with van der Waals surface area (Å²) >= 11 is 0. The van der Waals surface area contributed by atoms with Crippen molar-refractivity contribution in [3.05, 3.63) is 35.9 Å². The zero-order valence-electron chi connectivity index (χ0n) is 17.0. The monoisotopic (exact) mass is 394 g/mol. The van der Waals surface area contributed by atoms with Crippen molar-refractivity contribution in [2.75, 3.05) is 39.6 Å². The van der Waals surface area contributed by atoms with Crippen molar-refractivity contribution in [1.29, 1.82) is 0 Å². The highest BCUT2D eigenvalue weighted by Crippen LogP contribution is 2.07. The van der Waals surface area contributed by atoms with Crippen LogP contribution in [0, 0.1) is 0 Å². The fraction of sp³-hybridized carbons (Fsp3) is 0.636. The summed E-state index contributed by atoms with van der Waals surface area (Å²) in [5.41, 5.74) is 0.525. The van der Waals surface area contributed by atoms with Crippen molar-refractivity contribution in [3.63, 3.8) is 0 Å². The second kappa shape index (κ2) is 17.2. The molecule has 28 heavy (non-hydrogen) atoms. The van der Waals surface area contributed by atoms with Gasteiger partial charge >= 0.3 is 11.9 Å². The molecule has 0 radical (unpaired) electrons. The molecule has 0 spiro atoms. The number of carbonyl (C=O) groups excluding carboxylic acids is 2. The van der Waals surface area contributed by atoms with Crippen LogP contribution >= 0.6 is 0 Å². The quantitative estimate of drug-likeness (QED) is 0.292. The second-order valence-corrected chi connectivity index (χ2v) is 6.46. The minimum absolute atomic E-state index is 0.157. The molecule has 1 aromatic carbocycles. The maximum Gasteiger partial charge on any atom is 0.338 e. The van der Waals surface area contributed by atoms with E-state index in [1.54, 1.807) is 24.3 Å². The molecule has 0 N–H and O–H groups in total. The van der Waals surface area contributed by atoms with Gasteiger partial charge in [-0.3, -0.25) is 4.79 Å². The van der Waals surface area contributed by atoms with Gasteiger partial charge in [0.05, 0.1) is 32.0 Å². The third kappa shape index (κ3) is 13.3. The van der Waals surface area contributed by atoms with Gasteiger partial charge in [0, 0.05) is 6.42 Å². The molecule has 0 unspecified atom stereocenters. The first-order valence-electron chi connectivity index (χ1n) is 10.3. The largest absolute Gasteiger partial charge is 0.463 e. The van der Waals surface area contributed by atoms with Crippen LogP contribution in [0.2, 0.25) is 0 Å². The summed E-state index contributed by atoms with van der Waals surface area (Å²) in [6.07, 6.45) is 7.40. The Bertz CT molecular complexity index is 517. The van der Waals surface area contributed by atoms with E-state index >= 15 is 0 Å². The van der Waals surface area contributed by atoms with E-state index in [0.717, 1.165) is 12.8 Å². The average molecular weight is 395 g/mol. The molecule has 0 aliphatic carbocycles. The number of unbranched alkanes of at least 4 members (excludes halogenated alkanes) is 5. The van der Waals surface area contributed by atoms with Gasteiger partial charge in [0.15, 0.2) is 0 Å². The number of ether oxygens (including phenoxy) is 4. The van der Waals surface area contributed by atoms with Crippen molar-refractivity contribution in [2.24, 2.45) is 0 Å². The highest BCUT2D eigenvalue weighted by Gasteiger charge is 2.05. The van der Waals surface area contributed by atoms with Gasteiger partial charge in [0.2, 0.25) is 0 Å². The van der Waals surface area contributed by atoms with E-state index < -0.39 is 0 Å². The average Bonchev–Trinajstić information content (AvgIpc) is 2.72. The molecular formula is C22H34O6. The zero-order chi connectivity index (χ0) is 20.3. The van der Waals surface area contributed by atoms with E-state index in [4.69, 9.17) is 18.9 Å². The Labute approximate surface area is 168 Å². The van der Waals surface area contributed by atoms with Gasteiger partial charge in [0.1, 0.15) is 13.2 Å². The Morgan fingerprint density at radius 2 is 1.29 bits per heavy atom. The van der Waals surface area contributed by atoms with Crippen LogP contribution < -0.4 is 0 Å². The van der Waals surface area contributed by atoms with Crippen molar-refractivity contribution >= 4 is 11.9 Å². The lowest BCUT2D eigenvalue weighted by Gasteiger charge is -2.08. The summed E-state index contributed by atoms with van der Waals surface area (Å²) in [7, 11) is 0. The first-order chi connectivity index (χ1) is 13.7. The van der Waals surface area contributed by atoms with Gasteiger partial charge < -0.3 is 18.9 Å². The van der Waals surface area contributed by atoms with Crippen LogP contribution in [0.5, 0.6) is 0 Å². The van der Waals surface area contributed by atoms with E-state index in [1.807, 2.05) is 6.07 Å². The predicted octanol–water partition coefficient (Wildman–Crippen LogP) is 4.17. The van der Waals surface area contributed by atoms with Crippen LogP contribution in [0.1, 0.15) is 62.2 Å². The van der Waals surface area contributed by atoms with Crippen molar-refractivity contribution in [3.8, 4) is 0 Å². The second-order valence-electron chi connectivity index (χ2n) is 6.46. The number of carbonyl (C=O) groups is 2. The van der Waals surface area contributed by atoms with E-state index in [2.05, 4.69) is 6.92 Å². The highest BCUT2D eigenvalue weighted by atomic mass is 16.6. The summed E-state index contributed by atoms with van der Waals surface area (Å²) in [5, 5.41) is 0. The topological polar surface area (TPSA) is 71.1 Å². The van der Waals surface area contributed by atoms with Gasteiger partial charge in [-0.2, -0.15) is 0 Å². The number of esters is 2. The number of rotatable bonds is 17. The van der Waals surface area contributed by atoms with Crippen molar-refractivity contribution in [1.82, 2.24) is 0 Å². The number of hydrogen-bond donors (Lipinski definition) is 0. The van der Waals surface area contributed by atoms with Gasteiger partial charge in [-0.1, -0.05) is 57.2 Å². The molecule has 0 saturated heterocycles. The molecular weight excluding hydrogens is 360 g/mol. The first-order valence-corrected chi connectivity index (χ1v) is 10.3. The molecule has 1 rings (SSSR count). The Balaban J connectivity index is 1.82. The molecule has 0 bridgehead atoms. The molecule has 6 heteroatoms. The Morgan fingerprint density at radius 1 is 0.714 bits per heavy atom. The minimum Gasteiger partial charge on any atom is -0.463 e. The Hall–Kier alpha value is -1.92. The zero-order valence-corrected chi connectivity index (χ0v) is 17.0. The van der Waals surface area contributed by atoms with E-state index in [-0.39, 0.29) is 25.2 Å². The van der Waals surface area contributed by atoms with E-state index in [0.29, 0.717) is 38.4 Å². The molecule has 0 atom stereocenters. The smallest absolute Gasteiger partial charge is 0.338 e. The van der Waals surface area contributed by atoms with Crippen LogP contribution in [0.15, 0.2) is 30.3 Å². The van der Waals surface area contributed by atoms with Crippen LogP contribution in [0.25, 0.3) is 0 Å². The van der Waals surface area contributed by atoms with Crippen LogP contribution in [0.4, 0.5) is 0 Å². The molecule has 0 amide bonds. The SMILES string of the molecule is CCCCCCCCC(=O)OCCOCCOCCOC(=O)c1ccccc1. The normalized spacial score (nSPS) is 10.6. The first kappa shape index (κ1) is 24.1. The lowest BCUT2D eigenvalue weighted by atomic mass is 10.1. The van der Waals surface area contributed by atoms with E-state index in [9.17, 15) is 9.59 Å². The molecule has 0 aliphatic heterocycles. The summed E-state index contributed by atoms with van der Waals surface area (Å²) in [6, 6.07) is 8.83. The van der Waals surface area contributed by atoms with Gasteiger partial charge in [-0.15, -0.1) is 0 Å². The lowest BCUT2D eigenvalue weighted by molar-refractivity contribution is -0.145. The molecule has 0 saturated carbocycles. The molecule has 158 valence electrons. The third-order valence-corrected chi connectivity index (χ3v) is 4.07. The molecule has 0 aliphatic rings. The molecule has 1 aromatic rings. The maximum atomic E-state index is 11.7. The predicted molar refractivity (Wildman–Crippen MR) is 107 cm³/mol. The highest BCUT2D eigenvalue weighted by molar-refractivity contribution is 5.89. The van der Waals surface area contributed by atoms with Gasteiger partial charge in [-0.05, 0) is 18.6 Å². The minimum atomic E-state index is -0.358. The molecule has 0 heterocycles. The standard InChI is InChI=1S/C22H34O6/c1-2-3-4-5-6-10-13-21(23)27-18-16-25-14-15-26-17-19-28-22(24)20-11-8-7-9-12-20/h7-9,11-12H,2-6,10,13-19H2,1H3. The Morgan fingerprint density at radius 3 is 1.96 bits per heavy atom. The van der Waals surface area contributed by atoms with Crippen LogP contribution in [-0.2, 0) is 23.7 Å².